The number of aromatic nitrogens is 4. The van der Waals surface area contributed by atoms with E-state index in [1.54, 1.807) is 4.90 Å². The van der Waals surface area contributed by atoms with Crippen LogP contribution in [0.2, 0.25) is 0 Å². The summed E-state index contributed by atoms with van der Waals surface area (Å²) in [7, 11) is 0. The highest BCUT2D eigenvalue weighted by Gasteiger charge is 2.35. The van der Waals surface area contributed by atoms with Crippen LogP contribution in [0.4, 0.5) is 29.3 Å². The Labute approximate surface area is 179 Å². The van der Waals surface area contributed by atoms with Gasteiger partial charge in [0.1, 0.15) is 18.1 Å². The van der Waals surface area contributed by atoms with Crippen LogP contribution in [0.3, 0.4) is 0 Å². The predicted molar refractivity (Wildman–Crippen MR) is 107 cm³/mol. The minimum Gasteiger partial charge on any atom is -0.393 e. The molecule has 0 radical (unpaired) electrons. The number of nitrogens with one attached hydrogen (secondary N) is 1. The van der Waals surface area contributed by atoms with Gasteiger partial charge in [-0.05, 0) is 31.0 Å². The van der Waals surface area contributed by atoms with Crippen LogP contribution in [-0.2, 0) is 6.18 Å². The van der Waals surface area contributed by atoms with Gasteiger partial charge in [0.15, 0.2) is 5.65 Å². The molecule has 3 heterocycles. The largest absolute Gasteiger partial charge is 0.416 e. The molecule has 0 bridgehead atoms. The van der Waals surface area contributed by atoms with Gasteiger partial charge in [0, 0.05) is 12.6 Å². The summed E-state index contributed by atoms with van der Waals surface area (Å²) in [5, 5.41) is 27.1. The van der Waals surface area contributed by atoms with Gasteiger partial charge in [-0.15, -0.1) is 0 Å². The summed E-state index contributed by atoms with van der Waals surface area (Å²) < 4.78 is 54.9. The van der Waals surface area contributed by atoms with E-state index in [4.69, 9.17) is 0 Å². The summed E-state index contributed by atoms with van der Waals surface area (Å²) in [5.74, 6) is 0.518. The van der Waals surface area contributed by atoms with Gasteiger partial charge in [-0.25, -0.2) is 9.07 Å². The quantitative estimate of drug-likeness (QED) is 0.523. The molecule has 1 aromatic carbocycles. The summed E-state index contributed by atoms with van der Waals surface area (Å²) in [4.78, 5) is 10.5. The van der Waals surface area contributed by atoms with E-state index in [2.05, 4.69) is 20.4 Å². The second kappa shape index (κ2) is 7.55. The van der Waals surface area contributed by atoms with E-state index < -0.39 is 30.1 Å². The molecule has 1 saturated heterocycles. The van der Waals surface area contributed by atoms with Crippen LogP contribution in [0.5, 0.6) is 0 Å². The summed E-state index contributed by atoms with van der Waals surface area (Å²) in [6.45, 7) is -0.0623. The molecule has 2 atom stereocenters. The first-order valence-electron chi connectivity index (χ1n) is 10.1. The van der Waals surface area contributed by atoms with Crippen molar-refractivity contribution < 1.29 is 27.8 Å². The van der Waals surface area contributed by atoms with Crippen molar-refractivity contribution in [2.45, 2.75) is 43.4 Å². The van der Waals surface area contributed by atoms with E-state index in [0.29, 0.717) is 24.0 Å². The zero-order valence-corrected chi connectivity index (χ0v) is 16.7. The molecule has 3 aromatic rings. The SMILES string of the molecule is O[C@@H]1CN(c2nc(N[C@H]3C[C@H](O)C3)nc3c2cnn3-c2cccc(C(F)(F)F)c2)C[C@H]1F. The molecule has 2 aromatic heterocycles. The molecular formula is C20H20F4N6O2. The Bertz CT molecular complexity index is 1140. The van der Waals surface area contributed by atoms with Gasteiger partial charge in [-0.1, -0.05) is 6.07 Å². The van der Waals surface area contributed by atoms with E-state index in [1.165, 1.54) is 23.0 Å². The van der Waals surface area contributed by atoms with Crippen LogP contribution < -0.4 is 10.2 Å². The third kappa shape index (κ3) is 3.73. The lowest BCUT2D eigenvalue weighted by atomic mass is 9.90. The maximum atomic E-state index is 14.0. The molecule has 0 spiro atoms. The number of halogens is 4. The number of benzene rings is 1. The van der Waals surface area contributed by atoms with Crippen molar-refractivity contribution in [3.05, 3.63) is 36.0 Å². The van der Waals surface area contributed by atoms with E-state index in [1.807, 2.05) is 0 Å². The normalized spacial score (nSPS) is 25.9. The van der Waals surface area contributed by atoms with Gasteiger partial charge in [-0.3, -0.25) is 0 Å². The van der Waals surface area contributed by atoms with Crippen molar-refractivity contribution in [3.63, 3.8) is 0 Å². The van der Waals surface area contributed by atoms with Crippen LogP contribution in [0.25, 0.3) is 16.7 Å². The first-order valence-corrected chi connectivity index (χ1v) is 10.1. The average Bonchev–Trinajstić information content (AvgIpc) is 3.29. The molecule has 1 aliphatic heterocycles. The Balaban J connectivity index is 1.60. The number of nitrogens with zero attached hydrogens (tertiary/aromatic N) is 5. The number of aliphatic hydroxyl groups excluding tert-OH is 2. The minimum absolute atomic E-state index is 0.0175. The van der Waals surface area contributed by atoms with E-state index in [-0.39, 0.29) is 36.4 Å². The van der Waals surface area contributed by atoms with Gasteiger partial charge < -0.3 is 20.4 Å². The fourth-order valence-electron chi connectivity index (χ4n) is 4.01. The molecule has 2 fully saturated rings. The van der Waals surface area contributed by atoms with Gasteiger partial charge in [-0.2, -0.15) is 28.2 Å². The van der Waals surface area contributed by atoms with Crippen molar-refractivity contribution in [2.75, 3.05) is 23.3 Å². The molecule has 0 unspecified atom stereocenters. The van der Waals surface area contributed by atoms with Gasteiger partial charge in [0.05, 0.1) is 35.5 Å². The van der Waals surface area contributed by atoms with Crippen LogP contribution >= 0.6 is 0 Å². The van der Waals surface area contributed by atoms with Crippen molar-refractivity contribution in [3.8, 4) is 5.69 Å². The summed E-state index contributed by atoms with van der Waals surface area (Å²) in [5.41, 5.74) is -0.416. The number of β-amino-alcohol motifs (C(OH)–C–C–N with tert-alkyl or cyclic N) is 1. The molecule has 5 rings (SSSR count). The molecule has 3 N–H and O–H groups in total. The number of anilines is 2. The highest BCUT2D eigenvalue weighted by molar-refractivity contribution is 5.89. The van der Waals surface area contributed by atoms with Gasteiger partial charge in [0.2, 0.25) is 5.95 Å². The standard InChI is InChI=1S/C20H20F4N6O2/c21-15-8-29(9-16(15)32)17-14-7-25-30(12-3-1-2-10(4-12)20(22,23)24)18(14)28-19(27-17)26-11-5-13(31)6-11/h1-4,7,11,13,15-16,31-32H,5-6,8-9H2,(H,26,27,28)/t11-,13-,15-,16-/m1/s1. The minimum atomic E-state index is -4.52. The van der Waals surface area contributed by atoms with Crippen molar-refractivity contribution in [1.29, 1.82) is 0 Å². The molecule has 1 saturated carbocycles. The third-order valence-corrected chi connectivity index (χ3v) is 5.79. The molecule has 1 aliphatic carbocycles. The number of alkyl halides is 4. The number of rotatable bonds is 4. The molecule has 0 amide bonds. The molecule has 170 valence electrons. The Morgan fingerprint density at radius 1 is 1.09 bits per heavy atom. The van der Waals surface area contributed by atoms with Crippen LogP contribution in [0.1, 0.15) is 18.4 Å². The lowest BCUT2D eigenvalue weighted by molar-refractivity contribution is -0.137. The summed E-state index contributed by atoms with van der Waals surface area (Å²) in [6.07, 6.45) is -5.10. The predicted octanol–water partition coefficient (Wildman–Crippen LogP) is 2.29. The van der Waals surface area contributed by atoms with Crippen LogP contribution in [-0.4, -0.2) is 67.5 Å². The molecule has 12 heteroatoms. The monoisotopic (exact) mass is 452 g/mol. The number of aliphatic hydroxyl groups is 2. The topological polar surface area (TPSA) is 99.3 Å². The van der Waals surface area contributed by atoms with Crippen molar-refractivity contribution in [1.82, 2.24) is 19.7 Å². The van der Waals surface area contributed by atoms with Crippen molar-refractivity contribution in [2.24, 2.45) is 0 Å². The molecule has 2 aliphatic rings. The first-order chi connectivity index (χ1) is 15.2. The average molecular weight is 452 g/mol. The van der Waals surface area contributed by atoms with Crippen LogP contribution in [0, 0.1) is 0 Å². The lowest BCUT2D eigenvalue weighted by Gasteiger charge is -2.32. The first kappa shape index (κ1) is 20.9. The number of hydrogen-bond acceptors (Lipinski definition) is 7. The molecule has 8 nitrogen and oxygen atoms in total. The number of hydrogen-bond donors (Lipinski definition) is 3. The highest BCUT2D eigenvalue weighted by Crippen LogP contribution is 2.33. The zero-order chi connectivity index (χ0) is 22.6. The maximum Gasteiger partial charge on any atom is 0.416 e. The van der Waals surface area contributed by atoms with Crippen LogP contribution in [0.15, 0.2) is 30.5 Å². The fraction of sp³-hybridized carbons (Fsp3) is 0.450. The number of fused-ring (bicyclic) bond motifs is 1. The van der Waals surface area contributed by atoms with Crippen molar-refractivity contribution >= 4 is 22.8 Å². The molecule has 32 heavy (non-hydrogen) atoms. The molecular weight excluding hydrogens is 432 g/mol. The second-order valence-electron chi connectivity index (χ2n) is 8.17. The summed E-state index contributed by atoms with van der Waals surface area (Å²) in [6, 6.07) is 4.65. The van der Waals surface area contributed by atoms with E-state index >= 15 is 0 Å². The Kier molecular flexibility index (Phi) is 4.93. The maximum absolute atomic E-state index is 14.0. The van der Waals surface area contributed by atoms with E-state index in [0.717, 1.165) is 12.1 Å². The third-order valence-electron chi connectivity index (χ3n) is 5.79. The Morgan fingerprint density at radius 2 is 1.88 bits per heavy atom. The van der Waals surface area contributed by atoms with Gasteiger partial charge >= 0.3 is 6.18 Å². The Morgan fingerprint density at radius 3 is 2.53 bits per heavy atom. The smallest absolute Gasteiger partial charge is 0.393 e. The summed E-state index contributed by atoms with van der Waals surface area (Å²) >= 11 is 0. The van der Waals surface area contributed by atoms with Gasteiger partial charge in [0.25, 0.3) is 0 Å². The fourth-order valence-corrected chi connectivity index (χ4v) is 4.01. The second-order valence-corrected chi connectivity index (χ2v) is 8.17. The highest BCUT2D eigenvalue weighted by atomic mass is 19.4. The Hall–Kier alpha value is -2.99. The lowest BCUT2D eigenvalue weighted by Crippen LogP contribution is -2.39. The van der Waals surface area contributed by atoms with E-state index in [9.17, 15) is 27.8 Å². The zero-order valence-electron chi connectivity index (χ0n) is 16.7.